The van der Waals surface area contributed by atoms with Crippen molar-refractivity contribution in [3.8, 4) is 0 Å². The first-order valence-electron chi connectivity index (χ1n) is 8.07. The zero-order valence-corrected chi connectivity index (χ0v) is 14.6. The van der Waals surface area contributed by atoms with Gasteiger partial charge in [0, 0.05) is 17.0 Å². The summed E-state index contributed by atoms with van der Waals surface area (Å²) in [4.78, 5) is 34.8. The second kappa shape index (κ2) is 7.28. The van der Waals surface area contributed by atoms with E-state index in [9.17, 15) is 19.7 Å². The van der Waals surface area contributed by atoms with Gasteiger partial charge in [-0.2, -0.15) is 0 Å². The molecule has 0 bridgehead atoms. The number of rotatable bonds is 5. The monoisotopic (exact) mass is 368 g/mol. The van der Waals surface area contributed by atoms with Crippen LogP contribution >= 0.6 is 0 Å². The van der Waals surface area contributed by atoms with Crippen LogP contribution in [0, 0.1) is 24.0 Å². The number of aryl methyl sites for hydroxylation is 2. The van der Waals surface area contributed by atoms with Crippen LogP contribution in [0.3, 0.4) is 0 Å². The summed E-state index contributed by atoms with van der Waals surface area (Å²) < 4.78 is 10.5. The lowest BCUT2D eigenvalue weighted by molar-refractivity contribution is -0.384. The van der Waals surface area contributed by atoms with Gasteiger partial charge in [-0.25, -0.2) is 4.79 Å². The number of para-hydroxylation sites is 2. The van der Waals surface area contributed by atoms with Crippen LogP contribution in [-0.4, -0.2) is 23.4 Å². The van der Waals surface area contributed by atoms with Crippen LogP contribution in [0.2, 0.25) is 0 Å². The summed E-state index contributed by atoms with van der Waals surface area (Å²) in [5, 5.41) is 14.3. The van der Waals surface area contributed by atoms with E-state index in [1.165, 1.54) is 12.1 Å². The summed E-state index contributed by atoms with van der Waals surface area (Å²) in [5.74, 6) is -1.45. The SMILES string of the molecule is Cc1cccc([N+](=O)[O-])c1NC(=O)COC(=O)c1oc2ccccc2c1C. The number of hydrogen-bond donors (Lipinski definition) is 1. The van der Waals surface area contributed by atoms with Gasteiger partial charge in [0.2, 0.25) is 5.76 Å². The second-order valence-electron chi connectivity index (χ2n) is 5.90. The third-order valence-electron chi connectivity index (χ3n) is 4.08. The molecule has 138 valence electrons. The molecule has 0 aliphatic heterocycles. The first-order chi connectivity index (χ1) is 12.9. The number of furan rings is 1. The van der Waals surface area contributed by atoms with E-state index in [2.05, 4.69) is 5.32 Å². The molecule has 2 aromatic carbocycles. The predicted octanol–water partition coefficient (Wildman–Crippen LogP) is 3.75. The Balaban J connectivity index is 1.70. The van der Waals surface area contributed by atoms with E-state index in [1.807, 2.05) is 12.1 Å². The lowest BCUT2D eigenvalue weighted by Crippen LogP contribution is -2.22. The summed E-state index contributed by atoms with van der Waals surface area (Å²) >= 11 is 0. The molecule has 8 heteroatoms. The molecule has 0 aliphatic rings. The topological polar surface area (TPSA) is 112 Å². The second-order valence-corrected chi connectivity index (χ2v) is 5.90. The Morgan fingerprint density at radius 3 is 2.59 bits per heavy atom. The van der Waals surface area contributed by atoms with Crippen molar-refractivity contribution >= 4 is 34.2 Å². The number of esters is 1. The van der Waals surface area contributed by atoms with Crippen molar-refractivity contribution in [2.24, 2.45) is 0 Å². The van der Waals surface area contributed by atoms with Crippen molar-refractivity contribution in [1.29, 1.82) is 0 Å². The molecule has 0 saturated carbocycles. The lowest BCUT2D eigenvalue weighted by Gasteiger charge is -2.09. The number of nitro benzene ring substituents is 1. The molecule has 27 heavy (non-hydrogen) atoms. The number of ether oxygens (including phenoxy) is 1. The van der Waals surface area contributed by atoms with Crippen molar-refractivity contribution in [3.63, 3.8) is 0 Å². The zero-order valence-electron chi connectivity index (χ0n) is 14.6. The highest BCUT2D eigenvalue weighted by molar-refractivity contribution is 5.99. The molecule has 0 unspecified atom stereocenters. The molecule has 0 radical (unpaired) electrons. The van der Waals surface area contributed by atoms with Crippen LogP contribution in [0.25, 0.3) is 11.0 Å². The molecule has 0 atom stereocenters. The summed E-state index contributed by atoms with van der Waals surface area (Å²) in [6.45, 7) is 2.76. The fourth-order valence-corrected chi connectivity index (χ4v) is 2.71. The number of nitro groups is 1. The number of benzene rings is 2. The maximum Gasteiger partial charge on any atom is 0.375 e. The van der Waals surface area contributed by atoms with E-state index in [0.717, 1.165) is 5.39 Å². The fourth-order valence-electron chi connectivity index (χ4n) is 2.71. The van der Waals surface area contributed by atoms with E-state index in [-0.39, 0.29) is 17.1 Å². The minimum absolute atomic E-state index is 0.0193. The molecular formula is C19H16N2O6. The average molecular weight is 368 g/mol. The minimum atomic E-state index is -0.780. The fraction of sp³-hybridized carbons (Fsp3) is 0.158. The number of hydrogen-bond acceptors (Lipinski definition) is 6. The maximum absolute atomic E-state index is 12.2. The van der Waals surface area contributed by atoms with E-state index in [4.69, 9.17) is 9.15 Å². The number of carbonyl (C=O) groups is 2. The van der Waals surface area contributed by atoms with Gasteiger partial charge in [-0.15, -0.1) is 0 Å². The van der Waals surface area contributed by atoms with E-state index >= 15 is 0 Å². The van der Waals surface area contributed by atoms with Gasteiger partial charge >= 0.3 is 5.97 Å². The molecule has 0 saturated heterocycles. The number of nitrogens with zero attached hydrogens (tertiary/aromatic N) is 1. The predicted molar refractivity (Wildman–Crippen MR) is 97.7 cm³/mol. The van der Waals surface area contributed by atoms with Gasteiger partial charge in [0.1, 0.15) is 11.3 Å². The molecule has 1 heterocycles. The number of fused-ring (bicyclic) bond motifs is 1. The highest BCUT2D eigenvalue weighted by atomic mass is 16.6. The highest BCUT2D eigenvalue weighted by Crippen LogP contribution is 2.28. The van der Waals surface area contributed by atoms with Crippen LogP contribution in [0.15, 0.2) is 46.9 Å². The summed E-state index contributed by atoms with van der Waals surface area (Å²) in [5.41, 5.74) is 1.52. The van der Waals surface area contributed by atoms with Gasteiger partial charge < -0.3 is 14.5 Å². The quantitative estimate of drug-likeness (QED) is 0.417. The number of anilines is 1. The Hall–Kier alpha value is -3.68. The molecule has 1 N–H and O–H groups in total. The largest absolute Gasteiger partial charge is 0.450 e. The zero-order chi connectivity index (χ0) is 19.6. The molecule has 3 aromatic rings. The molecule has 1 amide bonds. The molecule has 3 rings (SSSR count). The summed E-state index contributed by atoms with van der Waals surface area (Å²) in [7, 11) is 0. The van der Waals surface area contributed by atoms with Crippen molar-refractivity contribution in [1.82, 2.24) is 0 Å². The summed E-state index contributed by atoms with van der Waals surface area (Å²) in [6, 6.07) is 11.6. The van der Waals surface area contributed by atoms with Crippen LogP contribution in [-0.2, 0) is 9.53 Å². The molecule has 8 nitrogen and oxygen atoms in total. The molecule has 0 spiro atoms. The van der Waals surface area contributed by atoms with Gasteiger partial charge in [0.25, 0.3) is 11.6 Å². The summed E-state index contributed by atoms with van der Waals surface area (Å²) in [6.07, 6.45) is 0. The standard InChI is InChI=1S/C19H16N2O6/c1-11-6-5-8-14(21(24)25)17(11)20-16(22)10-26-19(23)18-12(2)13-7-3-4-9-15(13)27-18/h3-9H,10H2,1-2H3,(H,20,22). The molecule has 0 aliphatic carbocycles. The first kappa shape index (κ1) is 18.1. The molecule has 1 aromatic heterocycles. The van der Waals surface area contributed by atoms with Gasteiger partial charge in [-0.1, -0.05) is 30.3 Å². The van der Waals surface area contributed by atoms with Crippen molar-refractivity contribution in [2.75, 3.05) is 11.9 Å². The van der Waals surface area contributed by atoms with Crippen molar-refractivity contribution < 1.29 is 23.7 Å². The highest BCUT2D eigenvalue weighted by Gasteiger charge is 2.21. The Morgan fingerprint density at radius 1 is 1.15 bits per heavy atom. The van der Waals surface area contributed by atoms with Gasteiger partial charge in [-0.3, -0.25) is 14.9 Å². The average Bonchev–Trinajstić information content (AvgIpc) is 2.98. The Bertz CT molecular complexity index is 1050. The van der Waals surface area contributed by atoms with E-state index < -0.39 is 23.4 Å². The number of amides is 1. The third kappa shape index (κ3) is 3.64. The maximum atomic E-state index is 12.2. The van der Waals surface area contributed by atoms with Gasteiger partial charge in [0.05, 0.1) is 4.92 Å². The van der Waals surface area contributed by atoms with Gasteiger partial charge in [-0.05, 0) is 25.5 Å². The molecule has 0 fully saturated rings. The lowest BCUT2D eigenvalue weighted by atomic mass is 10.1. The number of carbonyl (C=O) groups excluding carboxylic acids is 2. The van der Waals surface area contributed by atoms with Crippen LogP contribution in [0.4, 0.5) is 11.4 Å². The molecular weight excluding hydrogens is 352 g/mol. The van der Waals surface area contributed by atoms with Crippen molar-refractivity contribution in [3.05, 3.63) is 69.5 Å². The number of nitrogens with one attached hydrogen (secondary N) is 1. The normalized spacial score (nSPS) is 10.6. The van der Waals surface area contributed by atoms with Crippen molar-refractivity contribution in [2.45, 2.75) is 13.8 Å². The van der Waals surface area contributed by atoms with Crippen LogP contribution in [0.1, 0.15) is 21.7 Å². The van der Waals surface area contributed by atoms with E-state index in [1.54, 1.807) is 32.0 Å². The Labute approximate surface area is 153 Å². The smallest absolute Gasteiger partial charge is 0.375 e. The van der Waals surface area contributed by atoms with Crippen LogP contribution in [0.5, 0.6) is 0 Å². The third-order valence-corrected chi connectivity index (χ3v) is 4.08. The Morgan fingerprint density at radius 2 is 1.89 bits per heavy atom. The van der Waals surface area contributed by atoms with E-state index in [0.29, 0.717) is 16.7 Å². The first-order valence-corrected chi connectivity index (χ1v) is 8.07. The van der Waals surface area contributed by atoms with Gasteiger partial charge in [0.15, 0.2) is 6.61 Å². The van der Waals surface area contributed by atoms with Crippen LogP contribution < -0.4 is 5.32 Å². The Kier molecular flexibility index (Phi) is 4.89. The minimum Gasteiger partial charge on any atom is -0.450 e.